The van der Waals surface area contributed by atoms with Crippen molar-refractivity contribution in [3.05, 3.63) is 70.6 Å². The Morgan fingerprint density at radius 3 is 2.08 bits per heavy atom. The Bertz CT molecular complexity index is 1100. The van der Waals surface area contributed by atoms with Crippen LogP contribution in [0.2, 0.25) is 0 Å². The van der Waals surface area contributed by atoms with Gasteiger partial charge in [0.05, 0.1) is 0 Å². The molecule has 36 heavy (non-hydrogen) atoms. The van der Waals surface area contributed by atoms with Crippen LogP contribution < -0.4 is 4.74 Å². The van der Waals surface area contributed by atoms with Crippen LogP contribution in [0.5, 0.6) is 5.75 Å². The summed E-state index contributed by atoms with van der Waals surface area (Å²) in [5.74, 6) is -7.76. The first-order chi connectivity index (χ1) is 17.1. The first-order valence-corrected chi connectivity index (χ1v) is 12.5. The number of benzene rings is 2. The largest absolute Gasteiger partial charge is 0.429 e. The summed E-state index contributed by atoms with van der Waals surface area (Å²) in [5, 5.41) is 0. The van der Waals surface area contributed by atoms with E-state index >= 15 is 0 Å². The van der Waals surface area contributed by atoms with Gasteiger partial charge in [0.1, 0.15) is 11.3 Å². The van der Waals surface area contributed by atoms with Gasteiger partial charge in [0.2, 0.25) is 0 Å². The van der Waals surface area contributed by atoms with Gasteiger partial charge < -0.3 is 4.74 Å². The summed E-state index contributed by atoms with van der Waals surface area (Å²) < 4.78 is 103. The second-order valence-corrected chi connectivity index (χ2v) is 9.94. The Labute approximate surface area is 206 Å². The van der Waals surface area contributed by atoms with Crippen molar-refractivity contribution in [1.29, 1.82) is 0 Å². The number of halogens is 7. The van der Waals surface area contributed by atoms with Crippen molar-refractivity contribution in [3.8, 4) is 5.75 Å². The van der Waals surface area contributed by atoms with Gasteiger partial charge in [-0.15, -0.1) is 0 Å². The molecule has 1 fully saturated rings. The highest BCUT2D eigenvalue weighted by atomic mass is 19.3. The standard InChI is InChI=1S/C28H29F7O/c1-2-3-16-4-6-17(7-5-16)18-8-10-19(11-9-18)21-12-13-22(26(32)25(21)31)28(34,35)36-20-14-23(29)27(33)24(30)15-20/h10,12-18H,2-9,11H2,1H3. The highest BCUT2D eigenvalue weighted by Gasteiger charge is 2.40. The minimum absolute atomic E-state index is 0.0870. The fourth-order valence-electron chi connectivity index (χ4n) is 5.70. The molecule has 196 valence electrons. The van der Waals surface area contributed by atoms with Gasteiger partial charge >= 0.3 is 6.11 Å². The van der Waals surface area contributed by atoms with Gasteiger partial charge in [-0.05, 0) is 61.5 Å². The molecule has 2 aliphatic carbocycles. The van der Waals surface area contributed by atoms with E-state index in [1.165, 1.54) is 38.5 Å². The summed E-state index contributed by atoms with van der Waals surface area (Å²) in [5.41, 5.74) is -0.941. The summed E-state index contributed by atoms with van der Waals surface area (Å²) in [6.07, 6.45) is 6.83. The Morgan fingerprint density at radius 2 is 1.50 bits per heavy atom. The first-order valence-electron chi connectivity index (χ1n) is 12.5. The minimum atomic E-state index is -4.46. The molecule has 1 atom stereocenters. The van der Waals surface area contributed by atoms with Gasteiger partial charge in [-0.25, -0.2) is 22.0 Å². The molecule has 2 aromatic rings. The molecule has 0 amide bonds. The van der Waals surface area contributed by atoms with E-state index < -0.39 is 46.5 Å². The second-order valence-electron chi connectivity index (χ2n) is 9.94. The highest BCUT2D eigenvalue weighted by molar-refractivity contribution is 5.67. The van der Waals surface area contributed by atoms with Crippen molar-refractivity contribution in [1.82, 2.24) is 0 Å². The average Bonchev–Trinajstić information content (AvgIpc) is 2.84. The van der Waals surface area contributed by atoms with E-state index in [1.54, 1.807) is 0 Å². The lowest BCUT2D eigenvalue weighted by atomic mass is 9.70. The van der Waals surface area contributed by atoms with Crippen LogP contribution in [0.1, 0.15) is 75.8 Å². The molecule has 0 radical (unpaired) electrons. The molecule has 4 rings (SSSR count). The van der Waals surface area contributed by atoms with Crippen LogP contribution in [0.25, 0.3) is 5.57 Å². The van der Waals surface area contributed by atoms with Gasteiger partial charge in [-0.2, -0.15) is 8.78 Å². The van der Waals surface area contributed by atoms with E-state index in [4.69, 9.17) is 0 Å². The summed E-state index contributed by atoms with van der Waals surface area (Å²) >= 11 is 0. The van der Waals surface area contributed by atoms with Gasteiger partial charge in [0.15, 0.2) is 29.1 Å². The summed E-state index contributed by atoms with van der Waals surface area (Å²) in [7, 11) is 0. The predicted octanol–water partition coefficient (Wildman–Crippen LogP) is 9.30. The molecule has 8 heteroatoms. The van der Waals surface area contributed by atoms with Gasteiger partial charge in [0.25, 0.3) is 0 Å². The maximum Gasteiger partial charge on any atom is 0.429 e. The van der Waals surface area contributed by atoms with Crippen LogP contribution in [0.4, 0.5) is 30.7 Å². The monoisotopic (exact) mass is 514 g/mol. The molecule has 0 spiro atoms. The van der Waals surface area contributed by atoms with E-state index in [-0.39, 0.29) is 17.7 Å². The zero-order valence-corrected chi connectivity index (χ0v) is 20.0. The van der Waals surface area contributed by atoms with Crippen LogP contribution in [0, 0.1) is 46.8 Å². The Kier molecular flexibility index (Phi) is 8.00. The van der Waals surface area contributed by atoms with Crippen molar-refractivity contribution in [2.45, 2.75) is 70.8 Å². The van der Waals surface area contributed by atoms with Crippen LogP contribution >= 0.6 is 0 Å². The topological polar surface area (TPSA) is 9.23 Å². The molecule has 2 aliphatic rings. The van der Waals surface area contributed by atoms with Gasteiger partial charge in [-0.1, -0.05) is 44.7 Å². The lowest BCUT2D eigenvalue weighted by molar-refractivity contribution is -0.188. The second kappa shape index (κ2) is 10.9. The fraction of sp³-hybridized carbons (Fsp3) is 0.500. The predicted molar refractivity (Wildman–Crippen MR) is 123 cm³/mol. The van der Waals surface area contributed by atoms with Crippen molar-refractivity contribution in [2.75, 3.05) is 0 Å². The van der Waals surface area contributed by atoms with E-state index in [0.717, 1.165) is 24.8 Å². The van der Waals surface area contributed by atoms with Crippen molar-refractivity contribution in [3.63, 3.8) is 0 Å². The van der Waals surface area contributed by atoms with Crippen LogP contribution in [-0.2, 0) is 6.11 Å². The minimum Gasteiger partial charge on any atom is -0.429 e. The molecular weight excluding hydrogens is 485 g/mol. The molecule has 0 saturated heterocycles. The number of hydrogen-bond acceptors (Lipinski definition) is 1. The SMILES string of the molecule is CCCC1CCC(C2CC=C(c3ccc(C(F)(F)Oc4cc(F)c(F)c(F)c4)c(F)c3F)CC2)CC1. The summed E-state index contributed by atoms with van der Waals surface area (Å²) in [6, 6.07) is 2.17. The van der Waals surface area contributed by atoms with Crippen LogP contribution in [-0.4, -0.2) is 0 Å². The molecular formula is C28H29F7O. The van der Waals surface area contributed by atoms with E-state index in [0.29, 0.717) is 29.9 Å². The Balaban J connectivity index is 1.47. The third-order valence-electron chi connectivity index (χ3n) is 7.65. The van der Waals surface area contributed by atoms with Crippen LogP contribution in [0.15, 0.2) is 30.3 Å². The maximum absolute atomic E-state index is 14.9. The van der Waals surface area contributed by atoms with Crippen molar-refractivity contribution >= 4 is 5.57 Å². The summed E-state index contributed by atoms with van der Waals surface area (Å²) in [6.45, 7) is 2.20. The van der Waals surface area contributed by atoms with Gasteiger partial charge in [-0.3, -0.25) is 0 Å². The number of hydrogen-bond donors (Lipinski definition) is 0. The Hall–Kier alpha value is -2.51. The number of alkyl halides is 2. The highest BCUT2D eigenvalue weighted by Crippen LogP contribution is 2.43. The molecule has 0 heterocycles. The smallest absolute Gasteiger partial charge is 0.429 e. The van der Waals surface area contributed by atoms with E-state index in [2.05, 4.69) is 11.7 Å². The van der Waals surface area contributed by atoms with E-state index in [9.17, 15) is 30.7 Å². The molecule has 1 unspecified atom stereocenters. The maximum atomic E-state index is 14.9. The molecule has 0 bridgehead atoms. The Morgan fingerprint density at radius 1 is 0.833 bits per heavy atom. The molecule has 0 aromatic heterocycles. The van der Waals surface area contributed by atoms with E-state index in [1.807, 2.05) is 6.08 Å². The summed E-state index contributed by atoms with van der Waals surface area (Å²) in [4.78, 5) is 0. The van der Waals surface area contributed by atoms with Crippen molar-refractivity contribution < 1.29 is 35.5 Å². The zero-order chi connectivity index (χ0) is 26.0. The quantitative estimate of drug-likeness (QED) is 0.264. The van der Waals surface area contributed by atoms with Crippen LogP contribution in [0.3, 0.4) is 0 Å². The first kappa shape index (κ1) is 26.6. The van der Waals surface area contributed by atoms with Gasteiger partial charge in [0, 0.05) is 17.7 Å². The molecule has 1 saturated carbocycles. The third kappa shape index (κ3) is 5.57. The van der Waals surface area contributed by atoms with Crippen molar-refractivity contribution in [2.24, 2.45) is 17.8 Å². The lowest BCUT2D eigenvalue weighted by Crippen LogP contribution is -2.25. The number of ether oxygens (including phenoxy) is 1. The zero-order valence-electron chi connectivity index (χ0n) is 20.0. The third-order valence-corrected chi connectivity index (χ3v) is 7.65. The number of rotatable bonds is 7. The lowest BCUT2D eigenvalue weighted by Gasteiger charge is -2.35. The fourth-order valence-corrected chi connectivity index (χ4v) is 5.70. The number of allylic oxidation sites excluding steroid dienone is 2. The molecule has 1 nitrogen and oxygen atoms in total. The molecule has 2 aromatic carbocycles. The molecule has 0 N–H and O–H groups in total. The molecule has 0 aliphatic heterocycles. The average molecular weight is 515 g/mol. The normalized spacial score (nSPS) is 22.9.